The van der Waals surface area contributed by atoms with E-state index in [-0.39, 0.29) is 11.3 Å². The van der Waals surface area contributed by atoms with E-state index in [0.29, 0.717) is 5.92 Å². The van der Waals surface area contributed by atoms with Crippen LogP contribution in [-0.2, 0) is 18.3 Å². The second-order valence-corrected chi connectivity index (χ2v) is 7.95. The van der Waals surface area contributed by atoms with E-state index in [1.165, 1.54) is 0 Å². The van der Waals surface area contributed by atoms with Gasteiger partial charge in [0.05, 0.1) is 17.6 Å². The molecule has 0 N–H and O–H groups in total. The van der Waals surface area contributed by atoms with Crippen LogP contribution in [0.25, 0.3) is 11.4 Å². The van der Waals surface area contributed by atoms with E-state index >= 15 is 0 Å². The first kappa shape index (κ1) is 17.6. The summed E-state index contributed by atoms with van der Waals surface area (Å²) in [6, 6.07) is 1.93. The van der Waals surface area contributed by atoms with Crippen molar-refractivity contribution in [3.8, 4) is 11.4 Å². The van der Waals surface area contributed by atoms with Crippen molar-refractivity contribution in [3.63, 3.8) is 0 Å². The van der Waals surface area contributed by atoms with Crippen molar-refractivity contribution in [2.24, 2.45) is 18.4 Å². The fourth-order valence-electron chi connectivity index (χ4n) is 3.40. The summed E-state index contributed by atoms with van der Waals surface area (Å²) in [5, 5.41) is 4.17. The minimum absolute atomic E-state index is 0.245. The van der Waals surface area contributed by atoms with Crippen LogP contribution in [0.1, 0.15) is 39.3 Å². The number of carbonyl (C=O) groups is 1. The van der Waals surface area contributed by atoms with Crippen molar-refractivity contribution in [2.45, 2.75) is 40.0 Å². The molecule has 1 saturated heterocycles. The minimum Gasteiger partial charge on any atom is -0.342 e. The van der Waals surface area contributed by atoms with Crippen LogP contribution in [-0.4, -0.2) is 43.6 Å². The summed E-state index contributed by atoms with van der Waals surface area (Å²) in [5.74, 6) is 0.701. The van der Waals surface area contributed by atoms with Crippen LogP contribution in [0.15, 0.2) is 24.7 Å². The first-order chi connectivity index (χ1) is 11.8. The summed E-state index contributed by atoms with van der Waals surface area (Å²) in [6.45, 7) is 7.66. The lowest BCUT2D eigenvalue weighted by Crippen LogP contribution is -2.45. The van der Waals surface area contributed by atoms with E-state index < -0.39 is 0 Å². The molecule has 0 unspecified atom stereocenters. The minimum atomic E-state index is -0.313. The van der Waals surface area contributed by atoms with E-state index in [1.54, 1.807) is 10.9 Å². The van der Waals surface area contributed by atoms with Crippen LogP contribution in [0.5, 0.6) is 0 Å². The molecule has 25 heavy (non-hydrogen) atoms. The molecule has 0 bridgehead atoms. The van der Waals surface area contributed by atoms with Crippen LogP contribution < -0.4 is 0 Å². The molecule has 1 aliphatic heterocycles. The molecule has 3 heterocycles. The summed E-state index contributed by atoms with van der Waals surface area (Å²) in [4.78, 5) is 23.7. The van der Waals surface area contributed by atoms with Gasteiger partial charge in [-0.3, -0.25) is 19.4 Å². The van der Waals surface area contributed by atoms with E-state index in [1.807, 2.05) is 51.2 Å². The summed E-state index contributed by atoms with van der Waals surface area (Å²) >= 11 is 0. The number of amides is 1. The zero-order valence-corrected chi connectivity index (χ0v) is 15.6. The molecular weight excluding hydrogens is 314 g/mol. The zero-order chi connectivity index (χ0) is 18.0. The topological polar surface area (TPSA) is 63.9 Å². The largest absolute Gasteiger partial charge is 0.342 e. The van der Waals surface area contributed by atoms with Gasteiger partial charge in [0, 0.05) is 37.9 Å². The van der Waals surface area contributed by atoms with Crippen LogP contribution >= 0.6 is 0 Å². The predicted octanol–water partition coefficient (Wildman–Crippen LogP) is 2.70. The number of piperidine rings is 1. The predicted molar refractivity (Wildman–Crippen MR) is 96.7 cm³/mol. The molecule has 6 heteroatoms. The molecule has 0 spiro atoms. The van der Waals surface area contributed by atoms with Crippen molar-refractivity contribution in [1.29, 1.82) is 0 Å². The number of aryl methyl sites for hydroxylation is 1. The zero-order valence-electron chi connectivity index (χ0n) is 15.6. The van der Waals surface area contributed by atoms with Gasteiger partial charge in [-0.15, -0.1) is 0 Å². The van der Waals surface area contributed by atoms with Gasteiger partial charge >= 0.3 is 0 Å². The Balaban J connectivity index is 1.64. The third-order valence-electron chi connectivity index (χ3n) is 4.73. The number of aromatic nitrogens is 4. The van der Waals surface area contributed by atoms with E-state index in [4.69, 9.17) is 0 Å². The Morgan fingerprint density at radius 1 is 1.28 bits per heavy atom. The number of likely N-dealkylation sites (tertiary alicyclic amines) is 1. The van der Waals surface area contributed by atoms with Gasteiger partial charge in [-0.1, -0.05) is 20.8 Å². The Kier molecular flexibility index (Phi) is 4.88. The van der Waals surface area contributed by atoms with Crippen LogP contribution in [0.3, 0.4) is 0 Å². The molecule has 1 atom stereocenters. The molecule has 1 fully saturated rings. The maximum atomic E-state index is 12.5. The Labute approximate surface area is 149 Å². The number of hydrogen-bond acceptors (Lipinski definition) is 4. The van der Waals surface area contributed by atoms with Crippen molar-refractivity contribution in [3.05, 3.63) is 30.4 Å². The molecule has 2 aromatic rings. The number of rotatable bonds is 3. The monoisotopic (exact) mass is 341 g/mol. The van der Waals surface area contributed by atoms with Gasteiger partial charge in [0.25, 0.3) is 0 Å². The molecule has 0 radical (unpaired) electrons. The first-order valence-electron chi connectivity index (χ1n) is 8.93. The van der Waals surface area contributed by atoms with Crippen LogP contribution in [0.4, 0.5) is 0 Å². The highest BCUT2D eigenvalue weighted by molar-refractivity contribution is 5.81. The lowest BCUT2D eigenvalue weighted by molar-refractivity contribution is -0.141. The van der Waals surface area contributed by atoms with Gasteiger partial charge in [-0.05, 0) is 31.2 Å². The standard InChI is InChI=1S/C19H27N5O/c1-19(2,3)18(25)24-9-5-6-14(13-24)10-15-11-21-16(12-20-15)17-7-8-22-23(17)4/h7-8,11-12,14H,5-6,9-10,13H2,1-4H3/t14-/m1/s1. The third-order valence-corrected chi connectivity index (χ3v) is 4.73. The van der Waals surface area contributed by atoms with E-state index in [2.05, 4.69) is 15.1 Å². The average molecular weight is 341 g/mol. The number of carbonyl (C=O) groups excluding carboxylic acids is 1. The molecule has 134 valence electrons. The lowest BCUT2D eigenvalue weighted by atomic mass is 9.89. The summed E-state index contributed by atoms with van der Waals surface area (Å²) < 4.78 is 1.79. The molecule has 1 aliphatic rings. The van der Waals surface area contributed by atoms with Crippen molar-refractivity contribution >= 4 is 5.91 Å². The second kappa shape index (κ2) is 6.94. The molecule has 0 saturated carbocycles. The van der Waals surface area contributed by atoms with Gasteiger partial charge in [0.15, 0.2) is 0 Å². The summed E-state index contributed by atoms with van der Waals surface area (Å²) in [6.07, 6.45) is 8.49. The highest BCUT2D eigenvalue weighted by atomic mass is 16.2. The van der Waals surface area contributed by atoms with Gasteiger partial charge in [-0.2, -0.15) is 5.10 Å². The maximum Gasteiger partial charge on any atom is 0.227 e. The highest BCUT2D eigenvalue weighted by Gasteiger charge is 2.31. The molecular formula is C19H27N5O. The summed E-state index contributed by atoms with van der Waals surface area (Å²) in [7, 11) is 1.90. The normalized spacial score (nSPS) is 18.4. The van der Waals surface area contributed by atoms with Gasteiger partial charge in [0.1, 0.15) is 5.69 Å². The average Bonchev–Trinajstić information content (AvgIpc) is 3.00. The Bertz CT molecular complexity index is 729. The van der Waals surface area contributed by atoms with Gasteiger partial charge in [-0.25, -0.2) is 0 Å². The molecule has 6 nitrogen and oxygen atoms in total. The Hall–Kier alpha value is -2.24. The molecule has 1 amide bonds. The van der Waals surface area contributed by atoms with E-state index in [9.17, 15) is 4.79 Å². The smallest absolute Gasteiger partial charge is 0.227 e. The summed E-state index contributed by atoms with van der Waals surface area (Å²) in [5.41, 5.74) is 2.46. The van der Waals surface area contributed by atoms with Crippen LogP contribution in [0, 0.1) is 11.3 Å². The number of hydrogen-bond donors (Lipinski definition) is 0. The van der Waals surface area contributed by atoms with Crippen molar-refractivity contribution in [1.82, 2.24) is 24.6 Å². The quantitative estimate of drug-likeness (QED) is 0.861. The van der Waals surface area contributed by atoms with E-state index in [0.717, 1.165) is 49.4 Å². The van der Waals surface area contributed by atoms with Gasteiger partial charge < -0.3 is 4.90 Å². The van der Waals surface area contributed by atoms with Crippen molar-refractivity contribution < 1.29 is 4.79 Å². The fraction of sp³-hybridized carbons (Fsp3) is 0.579. The second-order valence-electron chi connectivity index (χ2n) is 7.95. The molecule has 3 rings (SSSR count). The fourth-order valence-corrected chi connectivity index (χ4v) is 3.40. The lowest BCUT2D eigenvalue weighted by Gasteiger charge is -2.36. The Morgan fingerprint density at radius 2 is 2.08 bits per heavy atom. The maximum absolute atomic E-state index is 12.5. The van der Waals surface area contributed by atoms with Gasteiger partial charge in [0.2, 0.25) is 5.91 Å². The third kappa shape index (κ3) is 4.06. The van der Waals surface area contributed by atoms with Crippen LogP contribution in [0.2, 0.25) is 0 Å². The molecule has 0 aliphatic carbocycles. The number of nitrogens with zero attached hydrogens (tertiary/aromatic N) is 5. The SMILES string of the molecule is Cn1nccc1-c1cnc(C[C@H]2CCCN(C(=O)C(C)(C)C)C2)cn1. The highest BCUT2D eigenvalue weighted by Crippen LogP contribution is 2.25. The first-order valence-corrected chi connectivity index (χ1v) is 8.93. The Morgan fingerprint density at radius 3 is 2.68 bits per heavy atom. The van der Waals surface area contributed by atoms with Crippen molar-refractivity contribution in [2.75, 3.05) is 13.1 Å². The molecule has 0 aromatic carbocycles. The molecule has 2 aromatic heterocycles.